The molecule has 0 bridgehead atoms. The van der Waals surface area contributed by atoms with Gasteiger partial charge in [0.05, 0.1) is 12.9 Å². The van der Waals surface area contributed by atoms with Crippen molar-refractivity contribution in [2.24, 2.45) is 0 Å². The molecule has 1 amide bonds. The van der Waals surface area contributed by atoms with E-state index >= 15 is 0 Å². The zero-order valence-electron chi connectivity index (χ0n) is 14.4. The summed E-state index contributed by atoms with van der Waals surface area (Å²) in [6.07, 6.45) is 0.411. The van der Waals surface area contributed by atoms with Crippen LogP contribution < -0.4 is 10.1 Å². The number of nitrogens with one attached hydrogen (secondary N) is 1. The molecule has 0 atom stereocenters. The van der Waals surface area contributed by atoms with Gasteiger partial charge in [-0.25, -0.2) is 0 Å². The molecule has 5 nitrogen and oxygen atoms in total. The summed E-state index contributed by atoms with van der Waals surface area (Å²) in [4.78, 5) is 23.7. The molecule has 0 fully saturated rings. The summed E-state index contributed by atoms with van der Waals surface area (Å²) in [6, 6.07) is 15.2. The van der Waals surface area contributed by atoms with E-state index in [0.29, 0.717) is 17.9 Å². The zero-order chi connectivity index (χ0) is 18.8. The van der Waals surface area contributed by atoms with Crippen molar-refractivity contribution in [2.75, 3.05) is 23.9 Å². The van der Waals surface area contributed by atoms with E-state index in [2.05, 4.69) is 5.32 Å². The van der Waals surface area contributed by atoms with Crippen LogP contribution in [-0.4, -0.2) is 35.6 Å². The van der Waals surface area contributed by atoms with E-state index in [-0.39, 0.29) is 11.7 Å². The first-order valence-electron chi connectivity index (χ1n) is 8.02. The molecular weight excluding hydrogens is 370 g/mol. The molecule has 0 aliphatic carbocycles. The third kappa shape index (κ3) is 7.41. The van der Waals surface area contributed by atoms with Crippen molar-refractivity contribution >= 4 is 41.1 Å². The third-order valence-electron chi connectivity index (χ3n) is 3.36. The standard InChI is InChI=1S/C19H21NO4S2/c1-24-16-5-7-17(8-6-16)26-10-9-18(21)20-15-4-2-3-14(11-15)12-25-13-19(22)23/h2-8,11H,9-10,12-13H2,1H3,(H,20,21)(H,22,23). The van der Waals surface area contributed by atoms with E-state index in [4.69, 9.17) is 9.84 Å². The fourth-order valence-corrected chi connectivity index (χ4v) is 3.70. The van der Waals surface area contributed by atoms with Crippen molar-refractivity contribution < 1.29 is 19.4 Å². The molecule has 0 aromatic heterocycles. The molecule has 0 spiro atoms. The van der Waals surface area contributed by atoms with Crippen LogP contribution in [0.15, 0.2) is 53.4 Å². The number of carboxylic acid groups (broad SMARTS) is 1. The van der Waals surface area contributed by atoms with Crippen molar-refractivity contribution in [3.05, 3.63) is 54.1 Å². The van der Waals surface area contributed by atoms with Crippen molar-refractivity contribution in [3.8, 4) is 5.75 Å². The number of hydrogen-bond donors (Lipinski definition) is 2. The second-order valence-corrected chi connectivity index (χ2v) is 7.56. The smallest absolute Gasteiger partial charge is 0.313 e. The predicted octanol–water partition coefficient (Wildman–Crippen LogP) is 4.13. The third-order valence-corrected chi connectivity index (χ3v) is 5.36. The van der Waals surface area contributed by atoms with Crippen LogP contribution in [0, 0.1) is 0 Å². The Morgan fingerprint density at radius 3 is 2.62 bits per heavy atom. The Morgan fingerprint density at radius 1 is 1.15 bits per heavy atom. The van der Waals surface area contributed by atoms with Crippen LogP contribution in [0.5, 0.6) is 5.75 Å². The fraction of sp³-hybridized carbons (Fsp3) is 0.263. The molecule has 0 radical (unpaired) electrons. The molecule has 0 unspecified atom stereocenters. The molecule has 0 heterocycles. The van der Waals surface area contributed by atoms with Crippen molar-refractivity contribution in [1.82, 2.24) is 0 Å². The summed E-state index contributed by atoms with van der Waals surface area (Å²) >= 11 is 2.95. The molecule has 0 aliphatic rings. The van der Waals surface area contributed by atoms with Gasteiger partial charge < -0.3 is 15.2 Å². The minimum absolute atomic E-state index is 0.0404. The van der Waals surface area contributed by atoms with Gasteiger partial charge in [0.25, 0.3) is 0 Å². The fourth-order valence-electron chi connectivity index (χ4n) is 2.15. The van der Waals surface area contributed by atoms with E-state index in [1.54, 1.807) is 18.9 Å². The lowest BCUT2D eigenvalue weighted by atomic mass is 10.2. The van der Waals surface area contributed by atoms with Crippen LogP contribution in [0.25, 0.3) is 0 Å². The SMILES string of the molecule is COc1ccc(SCCC(=O)Nc2cccc(CSCC(=O)O)c2)cc1. The molecule has 26 heavy (non-hydrogen) atoms. The molecule has 0 aliphatic heterocycles. The Morgan fingerprint density at radius 2 is 1.92 bits per heavy atom. The van der Waals surface area contributed by atoms with Gasteiger partial charge in [-0.05, 0) is 42.0 Å². The zero-order valence-corrected chi connectivity index (χ0v) is 16.1. The molecule has 2 aromatic rings. The molecule has 0 saturated carbocycles. The summed E-state index contributed by atoms with van der Waals surface area (Å²) in [7, 11) is 1.63. The maximum atomic E-state index is 12.1. The summed E-state index contributed by atoms with van der Waals surface area (Å²) in [5.74, 6) is 1.30. The average Bonchev–Trinajstić information content (AvgIpc) is 2.62. The number of carboxylic acids is 1. The lowest BCUT2D eigenvalue weighted by Crippen LogP contribution is -2.12. The normalized spacial score (nSPS) is 10.3. The van der Waals surface area contributed by atoms with E-state index in [0.717, 1.165) is 21.9 Å². The van der Waals surface area contributed by atoms with Crippen LogP contribution in [0.3, 0.4) is 0 Å². The monoisotopic (exact) mass is 391 g/mol. The van der Waals surface area contributed by atoms with E-state index in [1.807, 2.05) is 48.5 Å². The summed E-state index contributed by atoms with van der Waals surface area (Å²) in [5, 5.41) is 11.6. The average molecular weight is 392 g/mol. The molecular formula is C19H21NO4S2. The van der Waals surface area contributed by atoms with Gasteiger partial charge >= 0.3 is 5.97 Å². The minimum Gasteiger partial charge on any atom is -0.497 e. The molecule has 2 N–H and O–H groups in total. The number of anilines is 1. The predicted molar refractivity (Wildman–Crippen MR) is 107 cm³/mol. The number of hydrogen-bond acceptors (Lipinski definition) is 5. The van der Waals surface area contributed by atoms with E-state index < -0.39 is 5.97 Å². The molecule has 2 aromatic carbocycles. The highest BCUT2D eigenvalue weighted by Gasteiger charge is 2.05. The van der Waals surface area contributed by atoms with Crippen LogP contribution in [0.2, 0.25) is 0 Å². The lowest BCUT2D eigenvalue weighted by Gasteiger charge is -2.08. The van der Waals surface area contributed by atoms with Crippen molar-refractivity contribution in [3.63, 3.8) is 0 Å². The van der Waals surface area contributed by atoms with Crippen LogP contribution in [0.4, 0.5) is 5.69 Å². The second kappa shape index (κ2) is 10.8. The van der Waals surface area contributed by atoms with E-state index in [9.17, 15) is 9.59 Å². The summed E-state index contributed by atoms with van der Waals surface area (Å²) in [5.41, 5.74) is 1.72. The first kappa shape index (κ1) is 20.2. The summed E-state index contributed by atoms with van der Waals surface area (Å²) in [6.45, 7) is 0. The number of thioether (sulfide) groups is 2. The Labute approximate surface area is 161 Å². The number of carbonyl (C=O) groups excluding carboxylic acids is 1. The van der Waals surface area contributed by atoms with Gasteiger partial charge in [0.15, 0.2) is 0 Å². The van der Waals surface area contributed by atoms with Crippen molar-refractivity contribution in [1.29, 1.82) is 0 Å². The van der Waals surface area contributed by atoms with Crippen molar-refractivity contribution in [2.45, 2.75) is 17.1 Å². The lowest BCUT2D eigenvalue weighted by molar-refractivity contribution is -0.133. The van der Waals surface area contributed by atoms with Gasteiger partial charge in [0.2, 0.25) is 5.91 Å². The highest BCUT2D eigenvalue weighted by Crippen LogP contribution is 2.22. The summed E-state index contributed by atoms with van der Waals surface area (Å²) < 4.78 is 5.12. The van der Waals surface area contributed by atoms with Gasteiger partial charge in [-0.2, -0.15) is 0 Å². The second-order valence-electron chi connectivity index (χ2n) is 5.41. The number of benzene rings is 2. The molecule has 138 valence electrons. The number of methoxy groups -OCH3 is 1. The van der Waals surface area contributed by atoms with E-state index in [1.165, 1.54) is 11.8 Å². The largest absolute Gasteiger partial charge is 0.497 e. The number of carbonyl (C=O) groups is 2. The van der Waals surface area contributed by atoms with Gasteiger partial charge in [0.1, 0.15) is 5.75 Å². The van der Waals surface area contributed by atoms with Crippen LogP contribution in [0.1, 0.15) is 12.0 Å². The van der Waals surface area contributed by atoms with Crippen LogP contribution in [-0.2, 0) is 15.3 Å². The number of amides is 1. The quantitative estimate of drug-likeness (QED) is 0.593. The van der Waals surface area contributed by atoms with Gasteiger partial charge in [-0.3, -0.25) is 9.59 Å². The number of ether oxygens (including phenoxy) is 1. The van der Waals surface area contributed by atoms with Crippen LogP contribution >= 0.6 is 23.5 Å². The van der Waals surface area contributed by atoms with Gasteiger partial charge in [-0.15, -0.1) is 23.5 Å². The highest BCUT2D eigenvalue weighted by molar-refractivity contribution is 7.99. The molecule has 2 rings (SSSR count). The van der Waals surface area contributed by atoms with Gasteiger partial charge in [-0.1, -0.05) is 12.1 Å². The maximum absolute atomic E-state index is 12.1. The molecule has 0 saturated heterocycles. The number of aliphatic carboxylic acids is 1. The minimum atomic E-state index is -0.825. The first-order chi connectivity index (χ1) is 12.6. The Bertz CT molecular complexity index is 735. The number of rotatable bonds is 10. The Kier molecular flexibility index (Phi) is 8.37. The Hall–Kier alpha value is -2.12. The highest BCUT2D eigenvalue weighted by atomic mass is 32.2. The maximum Gasteiger partial charge on any atom is 0.313 e. The molecule has 7 heteroatoms. The topological polar surface area (TPSA) is 75.6 Å². The first-order valence-corrected chi connectivity index (χ1v) is 10.2. The Balaban J connectivity index is 1.75. The van der Waals surface area contributed by atoms with Gasteiger partial charge in [0, 0.05) is 28.5 Å².